The first-order chi connectivity index (χ1) is 8.68. The van der Waals surface area contributed by atoms with Gasteiger partial charge in [0.1, 0.15) is 0 Å². The van der Waals surface area contributed by atoms with Crippen LogP contribution in [-0.2, 0) is 14.3 Å². The van der Waals surface area contributed by atoms with Gasteiger partial charge in [-0.25, -0.2) is 9.59 Å². The Morgan fingerprint density at radius 3 is 2.72 bits per heavy atom. The number of cyclic esters (lactones) is 2. The van der Waals surface area contributed by atoms with Crippen LogP contribution in [0.5, 0.6) is 0 Å². The Bertz CT molecular complexity index is 528. The second-order valence-corrected chi connectivity index (χ2v) is 4.11. The van der Waals surface area contributed by atoms with Crippen LogP contribution in [0.3, 0.4) is 0 Å². The molecular weight excluding hydrogens is 228 g/mol. The van der Waals surface area contributed by atoms with Crippen LogP contribution in [0, 0.1) is 0 Å². The van der Waals surface area contributed by atoms with Crippen LogP contribution in [-0.4, -0.2) is 11.9 Å². The molecule has 0 radical (unpaired) electrons. The summed E-state index contributed by atoms with van der Waals surface area (Å²) in [5.41, 5.74) is 2.39. The summed E-state index contributed by atoms with van der Waals surface area (Å²) in [6, 6.07) is 0. The van der Waals surface area contributed by atoms with Crippen molar-refractivity contribution in [2.75, 3.05) is 0 Å². The molecule has 3 heteroatoms. The minimum absolute atomic E-state index is 0.475. The lowest BCUT2D eigenvalue weighted by molar-refractivity contribution is -0.153. The van der Waals surface area contributed by atoms with Gasteiger partial charge in [-0.3, -0.25) is 0 Å². The lowest BCUT2D eigenvalue weighted by atomic mass is 9.95. The summed E-state index contributed by atoms with van der Waals surface area (Å²) in [5.74, 6) is -1.22. The average molecular weight is 242 g/mol. The molecule has 1 aliphatic carbocycles. The van der Waals surface area contributed by atoms with Gasteiger partial charge in [-0.05, 0) is 30.9 Å². The van der Waals surface area contributed by atoms with E-state index in [4.69, 9.17) is 4.74 Å². The highest BCUT2D eigenvalue weighted by Crippen LogP contribution is 2.23. The summed E-state index contributed by atoms with van der Waals surface area (Å²) in [7, 11) is 0. The van der Waals surface area contributed by atoms with Gasteiger partial charge in [0.15, 0.2) is 0 Å². The van der Waals surface area contributed by atoms with Crippen LogP contribution in [0.4, 0.5) is 0 Å². The maximum Gasteiger partial charge on any atom is 0.345 e. The number of carbonyl (C=O) groups is 2. The van der Waals surface area contributed by atoms with E-state index in [0.717, 1.165) is 17.6 Å². The number of hydrogen-bond donors (Lipinski definition) is 0. The lowest BCUT2D eigenvalue weighted by Gasteiger charge is -2.13. The topological polar surface area (TPSA) is 43.4 Å². The first-order valence-corrected chi connectivity index (χ1v) is 5.84. The summed E-state index contributed by atoms with van der Waals surface area (Å²) in [4.78, 5) is 23.2. The van der Waals surface area contributed by atoms with Gasteiger partial charge in [0.25, 0.3) is 0 Å². The van der Waals surface area contributed by atoms with Crippen LogP contribution < -0.4 is 0 Å². The number of fused-ring (bicyclic) bond motifs is 1. The van der Waals surface area contributed by atoms with Crippen molar-refractivity contribution in [3.63, 3.8) is 0 Å². The van der Waals surface area contributed by atoms with Gasteiger partial charge in [-0.2, -0.15) is 0 Å². The molecule has 1 heterocycles. The molecule has 0 atom stereocenters. The van der Waals surface area contributed by atoms with Crippen molar-refractivity contribution in [3.05, 3.63) is 59.3 Å². The predicted octanol–water partition coefficient (Wildman–Crippen LogP) is 2.78. The molecule has 0 saturated heterocycles. The van der Waals surface area contributed by atoms with Gasteiger partial charge in [0, 0.05) is 6.08 Å². The van der Waals surface area contributed by atoms with E-state index >= 15 is 0 Å². The maximum absolute atomic E-state index is 11.9. The third-order valence-electron chi connectivity index (χ3n) is 2.90. The van der Waals surface area contributed by atoms with E-state index in [2.05, 4.69) is 6.08 Å². The van der Waals surface area contributed by atoms with Crippen molar-refractivity contribution in [3.8, 4) is 0 Å². The van der Waals surface area contributed by atoms with Crippen molar-refractivity contribution in [1.29, 1.82) is 0 Å². The Morgan fingerprint density at radius 2 is 1.89 bits per heavy atom. The zero-order valence-corrected chi connectivity index (χ0v) is 10.2. The van der Waals surface area contributed by atoms with E-state index in [1.807, 2.05) is 19.1 Å². The number of ether oxygens (including phenoxy) is 1. The van der Waals surface area contributed by atoms with Crippen LogP contribution in [0.1, 0.15) is 19.8 Å². The van der Waals surface area contributed by atoms with E-state index in [1.54, 1.807) is 18.2 Å². The van der Waals surface area contributed by atoms with Crippen molar-refractivity contribution in [1.82, 2.24) is 0 Å². The molecule has 0 aromatic heterocycles. The second kappa shape index (κ2) is 5.45. The van der Waals surface area contributed by atoms with Crippen LogP contribution >= 0.6 is 0 Å². The van der Waals surface area contributed by atoms with Crippen molar-refractivity contribution < 1.29 is 14.3 Å². The molecule has 2 bridgehead atoms. The summed E-state index contributed by atoms with van der Waals surface area (Å²) >= 11 is 0. The average Bonchev–Trinajstić information content (AvgIpc) is 2.32. The van der Waals surface area contributed by atoms with Crippen molar-refractivity contribution in [2.45, 2.75) is 19.8 Å². The normalized spacial score (nSPS) is 29.5. The lowest BCUT2D eigenvalue weighted by Crippen LogP contribution is -2.14. The molecule has 0 fully saturated rings. The zero-order valence-electron chi connectivity index (χ0n) is 10.2. The minimum atomic E-state index is -0.639. The van der Waals surface area contributed by atoms with Crippen LogP contribution in [0.2, 0.25) is 0 Å². The zero-order chi connectivity index (χ0) is 13.0. The third-order valence-corrected chi connectivity index (χ3v) is 2.90. The van der Waals surface area contributed by atoms with Gasteiger partial charge < -0.3 is 4.74 Å². The van der Waals surface area contributed by atoms with Gasteiger partial charge >= 0.3 is 11.9 Å². The smallest absolute Gasteiger partial charge is 0.345 e. The molecule has 1 aliphatic heterocycles. The van der Waals surface area contributed by atoms with Gasteiger partial charge in [0.05, 0.1) is 5.57 Å². The molecule has 0 spiro atoms. The third kappa shape index (κ3) is 2.74. The number of hydrogen-bond acceptors (Lipinski definition) is 3. The van der Waals surface area contributed by atoms with Gasteiger partial charge in [-0.15, -0.1) is 0 Å². The summed E-state index contributed by atoms with van der Waals surface area (Å²) in [6.45, 7) is 1.88. The fourth-order valence-electron chi connectivity index (χ4n) is 1.89. The highest BCUT2D eigenvalue weighted by atomic mass is 16.6. The molecule has 0 aromatic carbocycles. The van der Waals surface area contributed by atoms with E-state index in [0.29, 0.717) is 12.0 Å². The molecule has 3 nitrogen and oxygen atoms in total. The summed E-state index contributed by atoms with van der Waals surface area (Å²) < 4.78 is 4.75. The standard InChI is InChI=1S/C15H14O3/c1-11-12-7-3-2-4-9-13(11)15(17)18-14(16)10-6-5-8-12/h2-3,5-6,8-10H,4,7H2,1H3/b3-2-,8-5-,10-6-,12-11+,13-9?. The molecule has 0 unspecified atom stereocenters. The van der Waals surface area contributed by atoms with Crippen molar-refractivity contribution >= 4 is 11.9 Å². The number of rotatable bonds is 0. The van der Waals surface area contributed by atoms with Crippen LogP contribution in [0.15, 0.2) is 59.3 Å². The molecule has 0 saturated carbocycles. The molecular formula is C15H14O3. The second-order valence-electron chi connectivity index (χ2n) is 4.11. The molecule has 0 aromatic rings. The fourth-order valence-corrected chi connectivity index (χ4v) is 1.89. The SMILES string of the molecule is C\C1=C2/C=C\C=C/C(=O)OC(=O)C1=CC/C=C\C2. The molecule has 18 heavy (non-hydrogen) atoms. The summed E-state index contributed by atoms with van der Waals surface area (Å²) in [6.07, 6.45) is 13.8. The number of allylic oxidation sites excluding steroid dienone is 7. The molecule has 0 amide bonds. The van der Waals surface area contributed by atoms with Gasteiger partial charge in [-0.1, -0.05) is 36.5 Å². The Kier molecular flexibility index (Phi) is 3.72. The predicted molar refractivity (Wildman–Crippen MR) is 68.5 cm³/mol. The Balaban J connectivity index is 2.52. The molecule has 0 N–H and O–H groups in total. The van der Waals surface area contributed by atoms with Crippen LogP contribution in [0.25, 0.3) is 0 Å². The van der Waals surface area contributed by atoms with E-state index in [1.165, 1.54) is 6.08 Å². The van der Waals surface area contributed by atoms with E-state index in [9.17, 15) is 9.59 Å². The van der Waals surface area contributed by atoms with E-state index < -0.39 is 11.9 Å². The highest BCUT2D eigenvalue weighted by Gasteiger charge is 2.18. The first-order valence-electron chi connectivity index (χ1n) is 5.84. The summed E-state index contributed by atoms with van der Waals surface area (Å²) in [5, 5.41) is 0. The fraction of sp³-hybridized carbons (Fsp3) is 0.200. The van der Waals surface area contributed by atoms with Crippen molar-refractivity contribution in [2.24, 2.45) is 0 Å². The molecule has 2 rings (SSSR count). The first kappa shape index (κ1) is 12.3. The minimum Gasteiger partial charge on any atom is -0.386 e. The van der Waals surface area contributed by atoms with E-state index in [-0.39, 0.29) is 0 Å². The quantitative estimate of drug-likeness (QED) is 0.372. The Morgan fingerprint density at radius 1 is 1.11 bits per heavy atom. The number of esters is 2. The number of carbonyl (C=O) groups excluding carboxylic acids is 2. The monoisotopic (exact) mass is 242 g/mol. The molecule has 2 aliphatic rings. The largest absolute Gasteiger partial charge is 0.386 e. The molecule has 92 valence electrons. The Hall–Kier alpha value is -2.16. The van der Waals surface area contributed by atoms with Gasteiger partial charge in [0.2, 0.25) is 0 Å². The highest BCUT2D eigenvalue weighted by molar-refractivity contribution is 6.02. The maximum atomic E-state index is 11.9. The Labute approximate surface area is 106 Å².